The van der Waals surface area contributed by atoms with Gasteiger partial charge in [-0.1, -0.05) is 26.8 Å². The Kier molecular flexibility index (Phi) is 8.19. The molecule has 4 fully saturated rings. The Morgan fingerprint density at radius 2 is 1.85 bits per heavy atom. The molecule has 0 aromatic heterocycles. The molecule has 3 N–H and O–H groups in total. The van der Waals surface area contributed by atoms with Gasteiger partial charge in [-0.05, 0) is 32.1 Å². The molecule has 0 aromatic carbocycles. The number of hydrogen-bond donors (Lipinski definition) is 3. The van der Waals surface area contributed by atoms with Gasteiger partial charge in [-0.2, -0.15) is 0 Å². The van der Waals surface area contributed by atoms with E-state index in [4.69, 9.17) is 18.9 Å². The number of ether oxygens (including phenoxy) is 4. The lowest BCUT2D eigenvalue weighted by molar-refractivity contribution is -0.376. The van der Waals surface area contributed by atoms with Crippen LogP contribution in [-0.2, 0) is 28.5 Å². The van der Waals surface area contributed by atoms with E-state index in [0.29, 0.717) is 45.7 Å². The second-order valence-electron chi connectivity index (χ2n) is 13.2. The Bertz CT molecular complexity index is 966. The predicted octanol–water partition coefficient (Wildman–Crippen LogP) is 1.24. The summed E-state index contributed by atoms with van der Waals surface area (Å²) in [6.07, 6.45) is -1.72. The molecule has 0 amide bonds. The van der Waals surface area contributed by atoms with Gasteiger partial charge in [-0.25, -0.2) is 0 Å². The molecule has 2 aliphatic carbocycles. The van der Waals surface area contributed by atoms with E-state index in [1.54, 1.807) is 20.8 Å². The maximum Gasteiger partial charge on any atom is 0.303 e. The molecule has 10 heteroatoms. The number of aliphatic hydroxyl groups excluding tert-OH is 2. The van der Waals surface area contributed by atoms with Crippen LogP contribution in [0, 0.1) is 16.7 Å². The van der Waals surface area contributed by atoms with Crippen molar-refractivity contribution in [3.05, 3.63) is 12.7 Å². The summed E-state index contributed by atoms with van der Waals surface area (Å²) in [5.74, 6) is -1.63. The van der Waals surface area contributed by atoms with E-state index in [9.17, 15) is 24.9 Å². The molecule has 10 nitrogen and oxygen atoms in total. The average molecular weight is 554 g/mol. The fraction of sp³-hybridized carbons (Fsp3) is 0.862. The zero-order valence-corrected chi connectivity index (χ0v) is 24.3. The minimum absolute atomic E-state index is 0.0842. The zero-order valence-electron chi connectivity index (χ0n) is 24.3. The fourth-order valence-electron chi connectivity index (χ4n) is 8.20. The number of fused-ring (bicyclic) bond motifs is 3. The smallest absolute Gasteiger partial charge is 0.303 e. The highest BCUT2D eigenvalue weighted by molar-refractivity contribution is 5.92. The highest BCUT2D eigenvalue weighted by Crippen LogP contribution is 2.67. The Morgan fingerprint density at radius 1 is 1.21 bits per heavy atom. The first-order valence-electron chi connectivity index (χ1n) is 14.1. The molecule has 0 aromatic rings. The molecule has 4 rings (SSSR count). The number of ketones is 1. The zero-order chi connectivity index (χ0) is 29.0. The molecular weight excluding hydrogens is 506 g/mol. The third kappa shape index (κ3) is 4.79. The van der Waals surface area contributed by atoms with Gasteiger partial charge in [0.1, 0.15) is 17.8 Å². The summed E-state index contributed by atoms with van der Waals surface area (Å²) in [4.78, 5) is 28.1. The van der Waals surface area contributed by atoms with E-state index in [0.717, 1.165) is 0 Å². The number of nitrogens with zero attached hydrogens (tertiary/aromatic N) is 1. The SMILES string of the molecule is C=C[C@@]1(C)CC(=O)[C@@]2(O)[C@](C)(O1)[C@@H](OCC(CN1CCOCC1)OC(C)=O)[C@@H](O)C1C(C)(C)CC[C@H](O)[C@@]12C. The molecule has 0 radical (unpaired) electrons. The van der Waals surface area contributed by atoms with E-state index in [2.05, 4.69) is 11.5 Å². The second-order valence-corrected chi connectivity index (χ2v) is 13.2. The van der Waals surface area contributed by atoms with Crippen LogP contribution in [0.4, 0.5) is 0 Å². The largest absolute Gasteiger partial charge is 0.459 e. The van der Waals surface area contributed by atoms with Crippen molar-refractivity contribution in [1.82, 2.24) is 4.90 Å². The first kappa shape index (κ1) is 30.6. The van der Waals surface area contributed by atoms with Crippen molar-refractivity contribution < 1.29 is 43.9 Å². The van der Waals surface area contributed by atoms with Crippen molar-refractivity contribution in [2.24, 2.45) is 16.7 Å². The van der Waals surface area contributed by atoms with E-state index < -0.39 is 69.7 Å². The van der Waals surface area contributed by atoms with Gasteiger partial charge >= 0.3 is 5.97 Å². The van der Waals surface area contributed by atoms with Crippen molar-refractivity contribution in [3.63, 3.8) is 0 Å². The van der Waals surface area contributed by atoms with E-state index in [1.807, 2.05) is 13.8 Å². The summed E-state index contributed by atoms with van der Waals surface area (Å²) in [7, 11) is 0. The predicted molar refractivity (Wildman–Crippen MR) is 142 cm³/mol. The molecule has 2 aliphatic heterocycles. The lowest BCUT2D eigenvalue weighted by Crippen LogP contribution is -2.86. The van der Waals surface area contributed by atoms with Crippen LogP contribution < -0.4 is 0 Å². The van der Waals surface area contributed by atoms with Crippen LogP contribution >= 0.6 is 0 Å². The van der Waals surface area contributed by atoms with Crippen molar-refractivity contribution in [1.29, 1.82) is 0 Å². The van der Waals surface area contributed by atoms with Gasteiger partial charge in [0.15, 0.2) is 11.4 Å². The molecule has 4 aliphatic rings. The third-order valence-corrected chi connectivity index (χ3v) is 10.1. The van der Waals surface area contributed by atoms with E-state index in [1.165, 1.54) is 13.0 Å². The van der Waals surface area contributed by atoms with Crippen molar-refractivity contribution in [2.45, 2.75) is 102 Å². The van der Waals surface area contributed by atoms with Crippen LogP contribution in [0.5, 0.6) is 0 Å². The molecule has 9 atom stereocenters. The monoisotopic (exact) mass is 553 g/mol. The van der Waals surface area contributed by atoms with Gasteiger partial charge in [0, 0.05) is 44.3 Å². The normalized spacial score (nSPS) is 45.1. The Labute approximate surface area is 231 Å². The quantitative estimate of drug-likeness (QED) is 0.312. The van der Waals surface area contributed by atoms with Crippen molar-refractivity contribution in [3.8, 4) is 0 Å². The van der Waals surface area contributed by atoms with Crippen LogP contribution in [0.3, 0.4) is 0 Å². The highest BCUT2D eigenvalue weighted by Gasteiger charge is 2.80. The van der Waals surface area contributed by atoms with Crippen LogP contribution in [0.2, 0.25) is 0 Å². The molecule has 0 bridgehead atoms. The van der Waals surface area contributed by atoms with E-state index in [-0.39, 0.29) is 13.0 Å². The Balaban J connectivity index is 1.75. The molecule has 222 valence electrons. The maximum absolute atomic E-state index is 14.0. The number of carbonyl (C=O) groups excluding carboxylic acids is 2. The van der Waals surface area contributed by atoms with Gasteiger partial charge in [0.2, 0.25) is 0 Å². The lowest BCUT2D eigenvalue weighted by atomic mass is 9.40. The lowest BCUT2D eigenvalue weighted by Gasteiger charge is -2.71. The summed E-state index contributed by atoms with van der Waals surface area (Å²) in [5, 5.41) is 36.1. The second kappa shape index (κ2) is 10.5. The molecule has 2 unspecified atom stereocenters. The topological polar surface area (TPSA) is 135 Å². The summed E-state index contributed by atoms with van der Waals surface area (Å²) < 4.78 is 24.0. The Hall–Kier alpha value is -1.40. The Morgan fingerprint density at radius 3 is 2.44 bits per heavy atom. The van der Waals surface area contributed by atoms with Gasteiger partial charge in [0.25, 0.3) is 0 Å². The van der Waals surface area contributed by atoms with Crippen molar-refractivity contribution >= 4 is 11.8 Å². The van der Waals surface area contributed by atoms with Gasteiger partial charge in [0.05, 0.1) is 37.6 Å². The number of aliphatic hydroxyl groups is 3. The van der Waals surface area contributed by atoms with Gasteiger partial charge in [-0.15, -0.1) is 6.58 Å². The molecular formula is C29H47NO9. The highest BCUT2D eigenvalue weighted by atomic mass is 16.6. The summed E-state index contributed by atoms with van der Waals surface area (Å²) in [5.41, 5.74) is -6.99. The molecule has 2 heterocycles. The number of rotatable bonds is 7. The fourth-order valence-corrected chi connectivity index (χ4v) is 8.20. The molecule has 2 saturated heterocycles. The number of carbonyl (C=O) groups is 2. The standard InChI is InChI=1S/C29H47NO9/c1-8-26(5)15-21(33)29(35)27(6)20(32)9-10-25(3,4)23(27)22(34)24(28(29,7)39-26)37-17-19(38-18(2)31)16-30-11-13-36-14-12-30/h8,19-20,22-24,32,34-35H,1,9-17H2,2-7H3/t19?,20-,22-,23?,24-,26-,27-,28+,29-/m0/s1. The molecule has 39 heavy (non-hydrogen) atoms. The average Bonchev–Trinajstić information content (AvgIpc) is 2.84. The minimum atomic E-state index is -2.17. The van der Waals surface area contributed by atoms with Crippen molar-refractivity contribution in [2.75, 3.05) is 39.5 Å². The van der Waals surface area contributed by atoms with Crippen LogP contribution in [0.15, 0.2) is 12.7 Å². The van der Waals surface area contributed by atoms with Crippen LogP contribution in [0.1, 0.15) is 60.8 Å². The number of Topliss-reactive ketones (excluding diaryl/α,β-unsaturated/α-hetero) is 1. The number of hydrogen-bond acceptors (Lipinski definition) is 10. The first-order valence-corrected chi connectivity index (χ1v) is 14.1. The van der Waals surface area contributed by atoms with Gasteiger partial charge in [-0.3, -0.25) is 14.5 Å². The third-order valence-electron chi connectivity index (χ3n) is 10.1. The van der Waals surface area contributed by atoms with Gasteiger partial charge < -0.3 is 34.3 Å². The summed E-state index contributed by atoms with van der Waals surface area (Å²) >= 11 is 0. The summed E-state index contributed by atoms with van der Waals surface area (Å²) in [6.45, 7) is 17.0. The van der Waals surface area contributed by atoms with Crippen LogP contribution in [-0.4, -0.2) is 113 Å². The number of esters is 1. The number of morpholine rings is 1. The molecule has 2 saturated carbocycles. The minimum Gasteiger partial charge on any atom is -0.459 e. The summed E-state index contributed by atoms with van der Waals surface area (Å²) in [6, 6.07) is 0. The maximum atomic E-state index is 14.0. The molecule has 0 spiro atoms. The van der Waals surface area contributed by atoms with E-state index >= 15 is 0 Å². The first-order chi connectivity index (χ1) is 18.1. The van der Waals surface area contributed by atoms with Crippen LogP contribution in [0.25, 0.3) is 0 Å².